The first kappa shape index (κ1) is 17.8. The lowest BCUT2D eigenvalue weighted by Gasteiger charge is -2.28. The molecule has 1 aromatic carbocycles. The number of morpholine rings is 1. The Labute approximate surface area is 163 Å². The Bertz CT molecular complexity index is 937. The van der Waals surface area contributed by atoms with Crippen LogP contribution in [0.5, 0.6) is 0 Å². The average Bonchev–Trinajstić information content (AvgIpc) is 3.21. The molecular weight excluding hydrogens is 360 g/mol. The maximum atomic E-state index is 5.43. The SMILES string of the molecule is Cc1cc(N2CCOCC2)nc2ccc(NC(=S)NCc3ccco3)cc12. The fraction of sp³-hybridized carbons (Fsp3) is 0.300. The van der Waals surface area contributed by atoms with Crippen molar-refractivity contribution in [3.05, 3.63) is 54.0 Å². The minimum absolute atomic E-state index is 0.551. The van der Waals surface area contributed by atoms with Crippen molar-refractivity contribution in [2.75, 3.05) is 36.5 Å². The summed E-state index contributed by atoms with van der Waals surface area (Å²) in [5.74, 6) is 1.85. The summed E-state index contributed by atoms with van der Waals surface area (Å²) < 4.78 is 10.7. The number of hydrogen-bond donors (Lipinski definition) is 2. The van der Waals surface area contributed by atoms with Crippen LogP contribution in [-0.4, -0.2) is 36.4 Å². The van der Waals surface area contributed by atoms with Gasteiger partial charge in [-0.2, -0.15) is 0 Å². The molecule has 0 radical (unpaired) electrons. The molecule has 0 spiro atoms. The number of nitrogens with zero attached hydrogens (tertiary/aromatic N) is 2. The predicted molar refractivity (Wildman–Crippen MR) is 111 cm³/mol. The Morgan fingerprint density at radius 3 is 2.85 bits per heavy atom. The van der Waals surface area contributed by atoms with Crippen LogP contribution in [-0.2, 0) is 11.3 Å². The van der Waals surface area contributed by atoms with Crippen LogP contribution in [0, 0.1) is 6.92 Å². The molecule has 27 heavy (non-hydrogen) atoms. The van der Waals surface area contributed by atoms with Gasteiger partial charge in [0.2, 0.25) is 0 Å². The third-order valence-electron chi connectivity index (χ3n) is 4.60. The van der Waals surface area contributed by atoms with E-state index in [0.29, 0.717) is 11.7 Å². The summed E-state index contributed by atoms with van der Waals surface area (Å²) in [4.78, 5) is 7.11. The minimum atomic E-state index is 0.551. The third-order valence-corrected chi connectivity index (χ3v) is 4.84. The van der Waals surface area contributed by atoms with E-state index in [9.17, 15) is 0 Å². The third kappa shape index (κ3) is 4.20. The molecule has 7 heteroatoms. The standard InChI is InChI=1S/C20H22N4O2S/c1-14-11-19(24-6-9-25-10-7-24)23-18-5-4-15(12-17(14)18)22-20(27)21-13-16-3-2-8-26-16/h2-5,8,11-12H,6-7,9-10,13H2,1H3,(H2,21,22,27). The highest BCUT2D eigenvalue weighted by atomic mass is 32.1. The molecule has 0 bridgehead atoms. The van der Waals surface area contributed by atoms with E-state index in [1.165, 1.54) is 5.56 Å². The Balaban J connectivity index is 1.48. The zero-order valence-electron chi connectivity index (χ0n) is 15.2. The zero-order valence-corrected chi connectivity index (χ0v) is 16.0. The fourth-order valence-electron chi connectivity index (χ4n) is 3.16. The summed E-state index contributed by atoms with van der Waals surface area (Å²) in [5, 5.41) is 8.04. The Hall–Kier alpha value is -2.64. The number of aryl methyl sites for hydroxylation is 1. The smallest absolute Gasteiger partial charge is 0.171 e. The van der Waals surface area contributed by atoms with Crippen molar-refractivity contribution in [2.45, 2.75) is 13.5 Å². The van der Waals surface area contributed by atoms with E-state index >= 15 is 0 Å². The van der Waals surface area contributed by atoms with Crippen LogP contribution in [0.15, 0.2) is 47.1 Å². The van der Waals surface area contributed by atoms with E-state index in [-0.39, 0.29) is 0 Å². The number of pyridine rings is 1. The van der Waals surface area contributed by atoms with Gasteiger partial charge in [0.05, 0.1) is 31.5 Å². The average molecular weight is 382 g/mol. The minimum Gasteiger partial charge on any atom is -0.467 e. The van der Waals surface area contributed by atoms with E-state index in [0.717, 1.165) is 54.5 Å². The van der Waals surface area contributed by atoms with Crippen LogP contribution in [0.4, 0.5) is 11.5 Å². The fourth-order valence-corrected chi connectivity index (χ4v) is 3.35. The summed E-state index contributed by atoms with van der Waals surface area (Å²) >= 11 is 5.37. The van der Waals surface area contributed by atoms with Gasteiger partial charge >= 0.3 is 0 Å². The molecule has 0 aliphatic carbocycles. The molecule has 2 aromatic heterocycles. The number of benzene rings is 1. The molecule has 1 saturated heterocycles. The zero-order chi connectivity index (χ0) is 18.6. The van der Waals surface area contributed by atoms with Crippen LogP contribution in [0.3, 0.4) is 0 Å². The van der Waals surface area contributed by atoms with Crippen molar-refractivity contribution in [1.29, 1.82) is 0 Å². The molecule has 0 saturated carbocycles. The second-order valence-corrected chi connectivity index (χ2v) is 6.92. The predicted octanol–water partition coefficient (Wildman–Crippen LogP) is 3.46. The number of aromatic nitrogens is 1. The second kappa shape index (κ2) is 7.94. The van der Waals surface area contributed by atoms with Gasteiger partial charge in [-0.3, -0.25) is 0 Å². The first-order valence-corrected chi connectivity index (χ1v) is 9.41. The van der Waals surface area contributed by atoms with Crippen molar-refractivity contribution in [1.82, 2.24) is 10.3 Å². The number of anilines is 2. The van der Waals surface area contributed by atoms with Gasteiger partial charge in [0.25, 0.3) is 0 Å². The molecule has 0 amide bonds. The largest absolute Gasteiger partial charge is 0.467 e. The number of thiocarbonyl (C=S) groups is 1. The van der Waals surface area contributed by atoms with E-state index < -0.39 is 0 Å². The molecular formula is C20H22N4O2S. The number of fused-ring (bicyclic) bond motifs is 1. The van der Waals surface area contributed by atoms with Gasteiger partial charge in [-0.05, 0) is 61.1 Å². The molecule has 2 N–H and O–H groups in total. The van der Waals surface area contributed by atoms with Gasteiger partial charge in [0.15, 0.2) is 5.11 Å². The molecule has 3 aromatic rings. The number of hydrogen-bond acceptors (Lipinski definition) is 5. The lowest BCUT2D eigenvalue weighted by Crippen LogP contribution is -2.36. The molecule has 140 valence electrons. The maximum Gasteiger partial charge on any atom is 0.171 e. The quantitative estimate of drug-likeness (QED) is 0.670. The number of nitrogens with one attached hydrogen (secondary N) is 2. The number of ether oxygens (including phenoxy) is 1. The van der Waals surface area contributed by atoms with Gasteiger partial charge in [-0.15, -0.1) is 0 Å². The van der Waals surface area contributed by atoms with Crippen LogP contribution in [0.2, 0.25) is 0 Å². The number of rotatable bonds is 4. The highest BCUT2D eigenvalue weighted by Crippen LogP contribution is 2.25. The topological polar surface area (TPSA) is 62.6 Å². The first-order chi connectivity index (χ1) is 13.2. The van der Waals surface area contributed by atoms with E-state index in [4.69, 9.17) is 26.4 Å². The van der Waals surface area contributed by atoms with Crippen molar-refractivity contribution in [2.24, 2.45) is 0 Å². The van der Waals surface area contributed by atoms with Crippen LogP contribution in [0.25, 0.3) is 10.9 Å². The molecule has 1 aliphatic heterocycles. The normalized spacial score (nSPS) is 14.3. The highest BCUT2D eigenvalue weighted by molar-refractivity contribution is 7.80. The van der Waals surface area contributed by atoms with Crippen LogP contribution in [0.1, 0.15) is 11.3 Å². The maximum absolute atomic E-state index is 5.43. The monoisotopic (exact) mass is 382 g/mol. The lowest BCUT2D eigenvalue weighted by atomic mass is 10.1. The van der Waals surface area contributed by atoms with Crippen molar-refractivity contribution >= 4 is 39.7 Å². The number of furan rings is 1. The molecule has 6 nitrogen and oxygen atoms in total. The molecule has 3 heterocycles. The molecule has 1 fully saturated rings. The van der Waals surface area contributed by atoms with Crippen LogP contribution >= 0.6 is 12.2 Å². The van der Waals surface area contributed by atoms with Gasteiger partial charge in [-0.25, -0.2) is 4.98 Å². The van der Waals surface area contributed by atoms with Gasteiger partial charge in [0.1, 0.15) is 11.6 Å². The van der Waals surface area contributed by atoms with E-state index in [2.05, 4.69) is 34.6 Å². The summed E-state index contributed by atoms with van der Waals surface area (Å²) in [6, 6.07) is 12.0. The molecule has 0 atom stereocenters. The second-order valence-electron chi connectivity index (χ2n) is 6.52. The van der Waals surface area contributed by atoms with Crippen molar-refractivity contribution in [3.8, 4) is 0 Å². The lowest BCUT2D eigenvalue weighted by molar-refractivity contribution is 0.122. The first-order valence-electron chi connectivity index (χ1n) is 9.00. The highest BCUT2D eigenvalue weighted by Gasteiger charge is 2.14. The van der Waals surface area contributed by atoms with Gasteiger partial charge in [-0.1, -0.05) is 0 Å². The van der Waals surface area contributed by atoms with E-state index in [1.54, 1.807) is 6.26 Å². The molecule has 0 unspecified atom stereocenters. The summed E-state index contributed by atoms with van der Waals surface area (Å²) in [6.45, 7) is 5.94. The van der Waals surface area contributed by atoms with Gasteiger partial charge < -0.3 is 24.7 Å². The molecule has 4 rings (SSSR count). The Morgan fingerprint density at radius 1 is 1.22 bits per heavy atom. The van der Waals surface area contributed by atoms with Crippen LogP contribution < -0.4 is 15.5 Å². The summed E-state index contributed by atoms with van der Waals surface area (Å²) in [6.07, 6.45) is 1.65. The Kier molecular flexibility index (Phi) is 5.22. The van der Waals surface area contributed by atoms with Crippen molar-refractivity contribution in [3.63, 3.8) is 0 Å². The Morgan fingerprint density at radius 2 is 2.07 bits per heavy atom. The van der Waals surface area contributed by atoms with Crippen molar-refractivity contribution < 1.29 is 9.15 Å². The summed E-state index contributed by atoms with van der Waals surface area (Å²) in [5.41, 5.74) is 3.11. The van der Waals surface area contributed by atoms with E-state index in [1.807, 2.05) is 24.3 Å². The molecule has 1 aliphatic rings. The summed E-state index contributed by atoms with van der Waals surface area (Å²) in [7, 11) is 0. The van der Waals surface area contributed by atoms with Gasteiger partial charge in [0, 0.05) is 24.2 Å².